The maximum Gasteiger partial charge on any atom is 0.328 e. The number of hydrogen-bond acceptors (Lipinski definition) is 7. The number of aromatic nitrogens is 2. The number of carboxylic acids is 1. The van der Waals surface area contributed by atoms with Crippen LogP contribution in [0.4, 0.5) is 5.69 Å². The Morgan fingerprint density at radius 3 is 2.86 bits per heavy atom. The van der Waals surface area contributed by atoms with E-state index in [0.717, 1.165) is 12.2 Å². The van der Waals surface area contributed by atoms with E-state index in [1.807, 2.05) is 0 Å². The molecule has 0 amide bonds. The number of nitro groups is 1. The van der Waals surface area contributed by atoms with Gasteiger partial charge < -0.3 is 14.3 Å². The van der Waals surface area contributed by atoms with Crippen molar-refractivity contribution in [3.05, 3.63) is 40.3 Å². The standard InChI is InChI=1S/C12H9N3O6/c1-20-11-7(3-2-4-8(11)15(18)19)12-14-13-9(21-12)5-6-10(16)17/h2-6H,1H3,(H,16,17)/b6-5+. The van der Waals surface area contributed by atoms with Gasteiger partial charge in [-0.25, -0.2) is 4.79 Å². The molecular formula is C12H9N3O6. The molecule has 0 spiro atoms. The van der Waals surface area contributed by atoms with Crippen molar-refractivity contribution in [2.24, 2.45) is 0 Å². The lowest BCUT2D eigenvalue weighted by Gasteiger charge is -2.04. The minimum absolute atomic E-state index is 0.0133. The SMILES string of the molecule is COc1c(-c2nnc(/C=C/C(=O)O)o2)cccc1[N+](=O)[O-]. The van der Waals surface area contributed by atoms with Crippen molar-refractivity contribution in [2.45, 2.75) is 0 Å². The van der Waals surface area contributed by atoms with E-state index in [1.165, 1.54) is 25.3 Å². The Morgan fingerprint density at radius 1 is 1.48 bits per heavy atom. The first-order valence-electron chi connectivity index (χ1n) is 5.59. The van der Waals surface area contributed by atoms with Crippen molar-refractivity contribution in [3.63, 3.8) is 0 Å². The van der Waals surface area contributed by atoms with Crippen LogP contribution in [0.25, 0.3) is 17.5 Å². The Balaban J connectivity index is 2.45. The van der Waals surface area contributed by atoms with E-state index in [2.05, 4.69) is 10.2 Å². The van der Waals surface area contributed by atoms with Gasteiger partial charge in [-0.1, -0.05) is 6.07 Å². The summed E-state index contributed by atoms with van der Waals surface area (Å²) in [4.78, 5) is 20.7. The molecule has 0 unspecified atom stereocenters. The van der Waals surface area contributed by atoms with Crippen molar-refractivity contribution in [2.75, 3.05) is 7.11 Å². The summed E-state index contributed by atoms with van der Waals surface area (Å²) in [5.74, 6) is -1.23. The minimum Gasteiger partial charge on any atom is -0.490 e. The van der Waals surface area contributed by atoms with Gasteiger partial charge in [0.1, 0.15) is 0 Å². The minimum atomic E-state index is -1.16. The average Bonchev–Trinajstić information content (AvgIpc) is 2.92. The fourth-order valence-electron chi connectivity index (χ4n) is 1.60. The highest BCUT2D eigenvalue weighted by Gasteiger charge is 2.22. The molecule has 0 saturated heterocycles. The third-order valence-electron chi connectivity index (χ3n) is 2.43. The quantitative estimate of drug-likeness (QED) is 0.501. The Hall–Kier alpha value is -3.23. The number of ether oxygens (including phenoxy) is 1. The molecule has 0 atom stereocenters. The topological polar surface area (TPSA) is 129 Å². The summed E-state index contributed by atoms with van der Waals surface area (Å²) in [7, 11) is 1.29. The molecule has 9 heteroatoms. The molecule has 108 valence electrons. The van der Waals surface area contributed by atoms with E-state index < -0.39 is 10.9 Å². The number of hydrogen-bond donors (Lipinski definition) is 1. The predicted molar refractivity (Wildman–Crippen MR) is 69.6 cm³/mol. The summed E-state index contributed by atoms with van der Waals surface area (Å²) in [6.45, 7) is 0. The van der Waals surface area contributed by atoms with Crippen LogP contribution in [0.3, 0.4) is 0 Å². The second-order valence-corrected chi connectivity index (χ2v) is 3.73. The van der Waals surface area contributed by atoms with Gasteiger partial charge in [0, 0.05) is 18.2 Å². The van der Waals surface area contributed by atoms with Crippen LogP contribution in [0.1, 0.15) is 5.89 Å². The highest BCUT2D eigenvalue weighted by molar-refractivity contribution is 5.84. The molecule has 0 bridgehead atoms. The first-order valence-corrected chi connectivity index (χ1v) is 5.59. The van der Waals surface area contributed by atoms with E-state index in [1.54, 1.807) is 0 Å². The zero-order valence-corrected chi connectivity index (χ0v) is 10.7. The van der Waals surface area contributed by atoms with Gasteiger partial charge in [-0.15, -0.1) is 10.2 Å². The molecule has 9 nitrogen and oxygen atoms in total. The van der Waals surface area contributed by atoms with Crippen LogP contribution in [0.2, 0.25) is 0 Å². The van der Waals surface area contributed by atoms with Gasteiger partial charge in [0.05, 0.1) is 17.6 Å². The van der Waals surface area contributed by atoms with Gasteiger partial charge in [0.15, 0.2) is 0 Å². The zero-order chi connectivity index (χ0) is 15.4. The molecule has 0 aliphatic heterocycles. The number of aliphatic carboxylic acids is 1. The number of nitrogens with zero attached hydrogens (tertiary/aromatic N) is 3. The second-order valence-electron chi connectivity index (χ2n) is 3.73. The molecule has 1 aromatic carbocycles. The number of para-hydroxylation sites is 1. The Bertz CT molecular complexity index is 722. The lowest BCUT2D eigenvalue weighted by Crippen LogP contribution is -1.95. The van der Waals surface area contributed by atoms with Gasteiger partial charge in [0.25, 0.3) is 5.89 Å². The van der Waals surface area contributed by atoms with Crippen LogP contribution in [0.15, 0.2) is 28.7 Å². The molecule has 1 aromatic heterocycles. The third-order valence-corrected chi connectivity index (χ3v) is 2.43. The van der Waals surface area contributed by atoms with Crippen molar-refractivity contribution < 1.29 is 24.0 Å². The van der Waals surface area contributed by atoms with Crippen LogP contribution >= 0.6 is 0 Å². The maximum atomic E-state index is 10.9. The average molecular weight is 291 g/mol. The lowest BCUT2D eigenvalue weighted by molar-refractivity contribution is -0.385. The normalized spacial score (nSPS) is 10.7. The van der Waals surface area contributed by atoms with Crippen LogP contribution in [-0.4, -0.2) is 33.3 Å². The lowest BCUT2D eigenvalue weighted by atomic mass is 10.1. The summed E-state index contributed by atoms with van der Waals surface area (Å²) in [6.07, 6.45) is 1.95. The first-order chi connectivity index (χ1) is 10.0. The Morgan fingerprint density at radius 2 is 2.24 bits per heavy atom. The first kappa shape index (κ1) is 14.2. The van der Waals surface area contributed by atoms with Gasteiger partial charge in [-0.05, 0) is 6.07 Å². The van der Waals surface area contributed by atoms with Gasteiger partial charge in [-0.3, -0.25) is 10.1 Å². The molecule has 0 fully saturated rings. The van der Waals surface area contributed by atoms with Crippen LogP contribution in [0, 0.1) is 10.1 Å². The van der Waals surface area contributed by atoms with Crippen molar-refractivity contribution in [1.82, 2.24) is 10.2 Å². The number of methoxy groups -OCH3 is 1. The maximum absolute atomic E-state index is 10.9. The van der Waals surface area contributed by atoms with Crippen LogP contribution in [0.5, 0.6) is 5.75 Å². The predicted octanol–water partition coefficient (Wildman–Crippen LogP) is 1.75. The molecule has 2 aromatic rings. The Labute approximate surface area is 117 Å². The van der Waals surface area contributed by atoms with E-state index in [4.69, 9.17) is 14.3 Å². The highest BCUT2D eigenvalue weighted by atomic mass is 16.6. The van der Waals surface area contributed by atoms with Crippen molar-refractivity contribution in [3.8, 4) is 17.2 Å². The molecule has 1 N–H and O–H groups in total. The van der Waals surface area contributed by atoms with Crippen LogP contribution < -0.4 is 4.74 Å². The molecule has 1 heterocycles. The van der Waals surface area contributed by atoms with Gasteiger partial charge in [0.2, 0.25) is 11.6 Å². The monoisotopic (exact) mass is 291 g/mol. The van der Waals surface area contributed by atoms with E-state index in [0.29, 0.717) is 0 Å². The van der Waals surface area contributed by atoms with Crippen molar-refractivity contribution >= 4 is 17.7 Å². The zero-order valence-electron chi connectivity index (χ0n) is 10.7. The molecule has 2 rings (SSSR count). The molecular weight excluding hydrogens is 282 g/mol. The molecule has 0 aliphatic rings. The summed E-state index contributed by atoms with van der Waals surface area (Å²) in [6, 6.07) is 4.25. The molecule has 21 heavy (non-hydrogen) atoms. The molecule has 0 aliphatic carbocycles. The number of carbonyl (C=O) groups is 1. The third kappa shape index (κ3) is 3.03. The molecule has 0 radical (unpaired) electrons. The summed E-state index contributed by atoms with van der Waals surface area (Å²) in [5.41, 5.74) is 0.00463. The van der Waals surface area contributed by atoms with Gasteiger partial charge >= 0.3 is 11.7 Å². The summed E-state index contributed by atoms with van der Waals surface area (Å²) >= 11 is 0. The van der Waals surface area contributed by atoms with Gasteiger partial charge in [-0.2, -0.15) is 0 Å². The number of rotatable bonds is 5. The number of carboxylic acid groups (broad SMARTS) is 1. The number of benzene rings is 1. The summed E-state index contributed by atoms with van der Waals surface area (Å²) in [5, 5.41) is 26.8. The second kappa shape index (κ2) is 5.82. The number of nitro benzene ring substituents is 1. The largest absolute Gasteiger partial charge is 0.490 e. The summed E-state index contributed by atoms with van der Waals surface area (Å²) < 4.78 is 10.2. The van der Waals surface area contributed by atoms with Crippen molar-refractivity contribution in [1.29, 1.82) is 0 Å². The highest BCUT2D eigenvalue weighted by Crippen LogP contribution is 2.36. The smallest absolute Gasteiger partial charge is 0.328 e. The van der Waals surface area contributed by atoms with Crippen LogP contribution in [-0.2, 0) is 4.79 Å². The van der Waals surface area contributed by atoms with E-state index in [9.17, 15) is 14.9 Å². The van der Waals surface area contributed by atoms with E-state index in [-0.39, 0.29) is 28.8 Å². The van der Waals surface area contributed by atoms with E-state index >= 15 is 0 Å². The Kier molecular flexibility index (Phi) is 3.93. The molecule has 0 saturated carbocycles. The fraction of sp³-hybridized carbons (Fsp3) is 0.0833. The fourth-order valence-corrected chi connectivity index (χ4v) is 1.60.